The molecule has 0 spiro atoms. The van der Waals surface area contributed by atoms with Crippen molar-refractivity contribution in [3.8, 4) is 17.6 Å². The number of rotatable bonds is 6. The molecule has 0 fully saturated rings. The molecule has 9 nitrogen and oxygen atoms in total. The Morgan fingerprint density at radius 2 is 1.82 bits per heavy atom. The van der Waals surface area contributed by atoms with Gasteiger partial charge in [-0.05, 0) is 19.9 Å². The third kappa shape index (κ3) is 5.95. The quantitative estimate of drug-likeness (QED) is 0.387. The molecule has 0 bridgehead atoms. The lowest BCUT2D eigenvalue weighted by Gasteiger charge is -2.13. The van der Waals surface area contributed by atoms with Crippen molar-refractivity contribution in [3.63, 3.8) is 0 Å². The molecule has 2 heterocycles. The largest absolute Gasteiger partial charge is 0.475 e. The fraction of sp³-hybridized carbons (Fsp3) is 0.278. The lowest BCUT2D eigenvalue weighted by molar-refractivity contribution is 0.0826. The SMILES string of the molecule is CC(C)Oc1cc(C(=O)NC(=N)S)cc(Oc2ccc(C(=O)N(C)C)cn2)n1. The first kappa shape index (κ1) is 21.2. The molecule has 2 amide bonds. The molecule has 28 heavy (non-hydrogen) atoms. The first-order chi connectivity index (χ1) is 13.2. The highest BCUT2D eigenvalue weighted by Gasteiger charge is 2.15. The van der Waals surface area contributed by atoms with E-state index in [2.05, 4.69) is 27.9 Å². The van der Waals surface area contributed by atoms with E-state index >= 15 is 0 Å². The van der Waals surface area contributed by atoms with E-state index in [0.717, 1.165) is 0 Å². The number of hydrogen-bond donors (Lipinski definition) is 3. The van der Waals surface area contributed by atoms with Crippen LogP contribution >= 0.6 is 12.6 Å². The maximum Gasteiger partial charge on any atom is 0.257 e. The lowest BCUT2D eigenvalue weighted by atomic mass is 10.2. The maximum atomic E-state index is 12.2. The van der Waals surface area contributed by atoms with Gasteiger partial charge in [-0.15, -0.1) is 12.6 Å². The Morgan fingerprint density at radius 3 is 2.36 bits per heavy atom. The maximum absolute atomic E-state index is 12.2. The predicted octanol–water partition coefficient (Wildman–Crippen LogP) is 2.35. The van der Waals surface area contributed by atoms with Crippen LogP contribution in [0.15, 0.2) is 30.5 Å². The summed E-state index contributed by atoms with van der Waals surface area (Å²) < 4.78 is 11.2. The number of amidine groups is 1. The number of carbonyl (C=O) groups is 2. The summed E-state index contributed by atoms with van der Waals surface area (Å²) >= 11 is 3.75. The smallest absolute Gasteiger partial charge is 0.257 e. The molecule has 0 saturated heterocycles. The number of pyridine rings is 2. The normalized spacial score (nSPS) is 10.4. The van der Waals surface area contributed by atoms with Gasteiger partial charge in [0, 0.05) is 38.5 Å². The van der Waals surface area contributed by atoms with Crippen LogP contribution in [0.2, 0.25) is 0 Å². The number of ether oxygens (including phenoxy) is 2. The van der Waals surface area contributed by atoms with E-state index in [4.69, 9.17) is 14.9 Å². The van der Waals surface area contributed by atoms with Gasteiger partial charge in [-0.2, -0.15) is 4.98 Å². The summed E-state index contributed by atoms with van der Waals surface area (Å²) in [6.45, 7) is 3.64. The van der Waals surface area contributed by atoms with Gasteiger partial charge in [0.05, 0.1) is 17.2 Å². The molecule has 0 saturated carbocycles. The number of nitrogens with one attached hydrogen (secondary N) is 2. The summed E-state index contributed by atoms with van der Waals surface area (Å²) in [5, 5.41) is 9.25. The first-order valence-electron chi connectivity index (χ1n) is 8.29. The summed E-state index contributed by atoms with van der Waals surface area (Å²) in [6, 6.07) is 5.93. The topological polar surface area (TPSA) is 117 Å². The fourth-order valence-corrected chi connectivity index (χ4v) is 2.18. The molecule has 2 rings (SSSR count). The van der Waals surface area contributed by atoms with E-state index in [0.29, 0.717) is 5.56 Å². The fourth-order valence-electron chi connectivity index (χ4n) is 2.08. The van der Waals surface area contributed by atoms with Crippen LogP contribution in [0.4, 0.5) is 0 Å². The van der Waals surface area contributed by atoms with Gasteiger partial charge in [-0.1, -0.05) is 0 Å². The number of nitrogens with zero attached hydrogens (tertiary/aromatic N) is 3. The summed E-state index contributed by atoms with van der Waals surface area (Å²) in [6.07, 6.45) is 1.22. The molecule has 148 valence electrons. The van der Waals surface area contributed by atoms with Gasteiger partial charge < -0.3 is 19.7 Å². The Bertz CT molecular complexity index is 884. The zero-order valence-corrected chi connectivity index (χ0v) is 16.8. The lowest BCUT2D eigenvalue weighted by Crippen LogP contribution is -2.26. The van der Waals surface area contributed by atoms with Crippen LogP contribution in [-0.2, 0) is 0 Å². The molecular formula is C18H21N5O4S. The second-order valence-corrected chi connectivity index (χ2v) is 6.64. The monoisotopic (exact) mass is 403 g/mol. The first-order valence-corrected chi connectivity index (χ1v) is 8.73. The molecule has 0 aliphatic carbocycles. The van der Waals surface area contributed by atoms with E-state index in [1.54, 1.807) is 20.2 Å². The Kier molecular flexibility index (Phi) is 6.94. The van der Waals surface area contributed by atoms with Crippen LogP contribution in [0.5, 0.6) is 17.6 Å². The molecule has 10 heteroatoms. The standard InChI is InChI=1S/C18H21N5O4S/c1-10(2)26-14-7-12(16(24)22-18(19)28)8-15(21-14)27-13-6-5-11(9-20-13)17(25)23(3)4/h5-10H,1-4H3,(H3,19,22,24,28). The summed E-state index contributed by atoms with van der Waals surface area (Å²) in [4.78, 5) is 33.8. The Hall–Kier alpha value is -3.14. The number of hydrogen-bond acceptors (Lipinski definition) is 7. The highest BCUT2D eigenvalue weighted by molar-refractivity contribution is 7.96. The van der Waals surface area contributed by atoms with Crippen LogP contribution in [0, 0.1) is 5.41 Å². The Labute approximate surface area is 168 Å². The van der Waals surface area contributed by atoms with Crippen molar-refractivity contribution >= 4 is 29.6 Å². The van der Waals surface area contributed by atoms with Gasteiger partial charge in [0.1, 0.15) is 0 Å². The zero-order valence-electron chi connectivity index (χ0n) is 15.9. The molecule has 0 unspecified atom stereocenters. The third-order valence-electron chi connectivity index (χ3n) is 3.23. The molecule has 0 aliphatic rings. The molecule has 2 N–H and O–H groups in total. The van der Waals surface area contributed by atoms with Gasteiger partial charge in [0.15, 0.2) is 5.17 Å². The summed E-state index contributed by atoms with van der Waals surface area (Å²) in [7, 11) is 3.29. The van der Waals surface area contributed by atoms with Gasteiger partial charge in [0.25, 0.3) is 11.8 Å². The van der Waals surface area contributed by atoms with Gasteiger partial charge in [-0.3, -0.25) is 15.0 Å². The van der Waals surface area contributed by atoms with Gasteiger partial charge >= 0.3 is 0 Å². The Balaban J connectivity index is 2.29. The van der Waals surface area contributed by atoms with Crippen LogP contribution < -0.4 is 14.8 Å². The highest BCUT2D eigenvalue weighted by Crippen LogP contribution is 2.23. The number of thiol groups is 1. The minimum atomic E-state index is -0.555. The van der Waals surface area contributed by atoms with Crippen LogP contribution in [0.3, 0.4) is 0 Å². The van der Waals surface area contributed by atoms with Crippen molar-refractivity contribution in [1.82, 2.24) is 20.2 Å². The van der Waals surface area contributed by atoms with Crippen molar-refractivity contribution in [2.24, 2.45) is 0 Å². The average Bonchev–Trinajstić information content (AvgIpc) is 2.60. The van der Waals surface area contributed by atoms with E-state index in [-0.39, 0.29) is 40.4 Å². The molecular weight excluding hydrogens is 382 g/mol. The summed E-state index contributed by atoms with van der Waals surface area (Å²) in [5.74, 6) is -0.285. The number of aromatic nitrogens is 2. The van der Waals surface area contributed by atoms with Crippen molar-refractivity contribution in [1.29, 1.82) is 5.41 Å². The minimum Gasteiger partial charge on any atom is -0.475 e. The molecule has 0 atom stereocenters. The van der Waals surface area contributed by atoms with Crippen molar-refractivity contribution < 1.29 is 19.1 Å². The zero-order chi connectivity index (χ0) is 20.8. The highest BCUT2D eigenvalue weighted by atomic mass is 32.1. The predicted molar refractivity (Wildman–Crippen MR) is 107 cm³/mol. The van der Waals surface area contributed by atoms with Gasteiger partial charge in [-0.25, -0.2) is 4.98 Å². The van der Waals surface area contributed by atoms with E-state index < -0.39 is 5.91 Å². The average molecular weight is 403 g/mol. The van der Waals surface area contributed by atoms with Crippen LogP contribution in [0.25, 0.3) is 0 Å². The molecule has 0 aliphatic heterocycles. The molecule has 0 aromatic carbocycles. The molecule has 2 aromatic heterocycles. The van der Waals surface area contributed by atoms with E-state index in [9.17, 15) is 9.59 Å². The number of amides is 2. The third-order valence-corrected chi connectivity index (χ3v) is 3.34. The van der Waals surface area contributed by atoms with E-state index in [1.807, 2.05) is 13.8 Å². The van der Waals surface area contributed by atoms with Crippen LogP contribution in [0.1, 0.15) is 34.6 Å². The van der Waals surface area contributed by atoms with Gasteiger partial charge in [0.2, 0.25) is 17.6 Å². The van der Waals surface area contributed by atoms with E-state index in [1.165, 1.54) is 29.3 Å². The Morgan fingerprint density at radius 1 is 1.14 bits per heavy atom. The molecule has 2 aromatic rings. The second kappa shape index (κ2) is 9.18. The van der Waals surface area contributed by atoms with Crippen molar-refractivity contribution in [3.05, 3.63) is 41.6 Å². The number of carbonyl (C=O) groups excluding carboxylic acids is 2. The second-order valence-electron chi connectivity index (χ2n) is 6.19. The van der Waals surface area contributed by atoms with Crippen molar-refractivity contribution in [2.75, 3.05) is 14.1 Å². The molecule has 0 radical (unpaired) electrons. The summed E-state index contributed by atoms with van der Waals surface area (Å²) in [5.41, 5.74) is 0.591. The van der Waals surface area contributed by atoms with Crippen LogP contribution in [-0.4, -0.2) is 52.0 Å². The van der Waals surface area contributed by atoms with Crippen molar-refractivity contribution in [2.45, 2.75) is 20.0 Å². The minimum absolute atomic E-state index is 0.0770.